The zero-order chi connectivity index (χ0) is 20.8. The molecule has 0 saturated heterocycles. The number of hydrogen-bond acceptors (Lipinski definition) is 4. The molecule has 0 saturated carbocycles. The third kappa shape index (κ3) is 4.89. The van der Waals surface area contributed by atoms with Crippen molar-refractivity contribution in [2.45, 2.75) is 13.5 Å². The largest absolute Gasteiger partial charge is 0.439 e. The van der Waals surface area contributed by atoms with Gasteiger partial charge in [0.05, 0.1) is 5.69 Å². The molecule has 148 valence electrons. The lowest BCUT2D eigenvalue weighted by molar-refractivity contribution is 0.0951. The summed E-state index contributed by atoms with van der Waals surface area (Å²) in [5, 5.41) is 2.96. The number of benzene rings is 3. The van der Waals surface area contributed by atoms with E-state index in [2.05, 4.69) is 15.3 Å². The van der Waals surface area contributed by atoms with Crippen molar-refractivity contribution in [2.75, 3.05) is 0 Å². The summed E-state index contributed by atoms with van der Waals surface area (Å²) >= 11 is 0. The second-order valence-electron chi connectivity index (χ2n) is 6.91. The third-order valence-corrected chi connectivity index (χ3v) is 4.60. The minimum Gasteiger partial charge on any atom is -0.439 e. The maximum atomic E-state index is 12.6. The number of para-hydroxylation sites is 1. The van der Waals surface area contributed by atoms with Crippen molar-refractivity contribution in [3.05, 3.63) is 108 Å². The quantitative estimate of drug-likeness (QED) is 0.489. The van der Waals surface area contributed by atoms with Crippen LogP contribution in [0, 0.1) is 6.92 Å². The summed E-state index contributed by atoms with van der Waals surface area (Å²) in [7, 11) is 0. The van der Waals surface area contributed by atoms with Gasteiger partial charge in [0.15, 0.2) is 0 Å². The Balaban J connectivity index is 1.48. The van der Waals surface area contributed by atoms with Crippen molar-refractivity contribution < 1.29 is 9.53 Å². The molecule has 1 heterocycles. The van der Waals surface area contributed by atoms with Crippen molar-refractivity contribution in [3.63, 3.8) is 0 Å². The summed E-state index contributed by atoms with van der Waals surface area (Å²) in [5.74, 6) is 1.01. The van der Waals surface area contributed by atoms with Gasteiger partial charge < -0.3 is 10.1 Å². The standard InChI is InChI=1S/C25H21N3O2/c1-18-10-12-19(13-11-18)16-26-25(29)21-7-5-6-20(14-21)23-15-24(28-17-27-23)30-22-8-3-2-4-9-22/h2-15,17H,16H2,1H3,(H,26,29). The van der Waals surface area contributed by atoms with Crippen LogP contribution < -0.4 is 10.1 Å². The molecular weight excluding hydrogens is 374 g/mol. The number of aryl methyl sites for hydroxylation is 1. The molecule has 4 aromatic rings. The van der Waals surface area contributed by atoms with E-state index in [1.54, 1.807) is 12.1 Å². The van der Waals surface area contributed by atoms with Crippen LogP contribution in [0.5, 0.6) is 11.6 Å². The summed E-state index contributed by atoms with van der Waals surface area (Å²) < 4.78 is 5.78. The van der Waals surface area contributed by atoms with Crippen LogP contribution in [0.15, 0.2) is 91.3 Å². The first-order valence-electron chi connectivity index (χ1n) is 9.66. The van der Waals surface area contributed by atoms with Crippen molar-refractivity contribution in [3.8, 4) is 22.9 Å². The molecule has 1 amide bonds. The molecule has 3 aromatic carbocycles. The highest BCUT2D eigenvalue weighted by Crippen LogP contribution is 2.24. The van der Waals surface area contributed by atoms with Gasteiger partial charge in [-0.05, 0) is 36.8 Å². The molecule has 0 aliphatic carbocycles. The van der Waals surface area contributed by atoms with Crippen LogP contribution in [-0.2, 0) is 6.54 Å². The third-order valence-electron chi connectivity index (χ3n) is 4.60. The molecule has 0 fully saturated rings. The Hall–Kier alpha value is -3.99. The average Bonchev–Trinajstić information content (AvgIpc) is 2.79. The van der Waals surface area contributed by atoms with Crippen LogP contribution in [-0.4, -0.2) is 15.9 Å². The lowest BCUT2D eigenvalue weighted by Crippen LogP contribution is -2.22. The first-order valence-corrected chi connectivity index (χ1v) is 9.66. The highest BCUT2D eigenvalue weighted by atomic mass is 16.5. The van der Waals surface area contributed by atoms with Gasteiger partial charge in [-0.2, -0.15) is 0 Å². The molecule has 30 heavy (non-hydrogen) atoms. The molecule has 0 bridgehead atoms. The molecule has 0 radical (unpaired) electrons. The van der Waals surface area contributed by atoms with E-state index in [9.17, 15) is 4.79 Å². The van der Waals surface area contributed by atoms with Crippen molar-refractivity contribution in [1.82, 2.24) is 15.3 Å². The van der Waals surface area contributed by atoms with Gasteiger partial charge in [-0.15, -0.1) is 0 Å². The zero-order valence-electron chi connectivity index (χ0n) is 16.6. The first-order chi connectivity index (χ1) is 14.7. The van der Waals surface area contributed by atoms with Crippen molar-refractivity contribution in [1.29, 1.82) is 0 Å². The van der Waals surface area contributed by atoms with Crippen molar-refractivity contribution >= 4 is 5.91 Å². The Bertz CT molecular complexity index is 1140. The molecule has 1 N–H and O–H groups in total. The number of amides is 1. The maximum absolute atomic E-state index is 12.6. The lowest BCUT2D eigenvalue weighted by Gasteiger charge is -2.09. The maximum Gasteiger partial charge on any atom is 0.251 e. The minimum absolute atomic E-state index is 0.132. The van der Waals surface area contributed by atoms with Gasteiger partial charge in [0.2, 0.25) is 5.88 Å². The fraction of sp³-hybridized carbons (Fsp3) is 0.0800. The van der Waals surface area contributed by atoms with Gasteiger partial charge in [0, 0.05) is 23.7 Å². The zero-order valence-corrected chi connectivity index (χ0v) is 16.6. The van der Waals surface area contributed by atoms with Crippen molar-refractivity contribution in [2.24, 2.45) is 0 Å². The van der Waals surface area contributed by atoms with Gasteiger partial charge in [-0.3, -0.25) is 4.79 Å². The van der Waals surface area contributed by atoms with Crippen LogP contribution in [0.2, 0.25) is 0 Å². The number of carbonyl (C=O) groups is 1. The second kappa shape index (κ2) is 9.01. The van der Waals surface area contributed by atoms with E-state index in [-0.39, 0.29) is 5.91 Å². The molecule has 5 heteroatoms. The van der Waals surface area contributed by atoms with E-state index < -0.39 is 0 Å². The molecular formula is C25H21N3O2. The normalized spacial score (nSPS) is 10.4. The number of carbonyl (C=O) groups excluding carboxylic acids is 1. The fourth-order valence-electron chi connectivity index (χ4n) is 2.97. The Morgan fingerprint density at radius 3 is 2.50 bits per heavy atom. The van der Waals surface area contributed by atoms with E-state index in [0.29, 0.717) is 29.4 Å². The minimum atomic E-state index is -0.132. The van der Waals surface area contributed by atoms with Gasteiger partial charge in [0.1, 0.15) is 12.1 Å². The summed E-state index contributed by atoms with van der Waals surface area (Å²) in [5.41, 5.74) is 4.33. The van der Waals surface area contributed by atoms with Crippen LogP contribution in [0.3, 0.4) is 0 Å². The Labute approximate surface area is 175 Å². The summed E-state index contributed by atoms with van der Waals surface area (Å²) in [4.78, 5) is 21.1. The summed E-state index contributed by atoms with van der Waals surface area (Å²) in [6.45, 7) is 2.52. The Morgan fingerprint density at radius 1 is 0.900 bits per heavy atom. The second-order valence-corrected chi connectivity index (χ2v) is 6.91. The Kier molecular flexibility index (Phi) is 5.80. The molecule has 0 spiro atoms. The van der Waals surface area contributed by atoms with Gasteiger partial charge in [0.25, 0.3) is 5.91 Å². The first kappa shape index (κ1) is 19.3. The van der Waals surface area contributed by atoms with Gasteiger partial charge in [-0.25, -0.2) is 9.97 Å². The van der Waals surface area contributed by atoms with E-state index >= 15 is 0 Å². The van der Waals surface area contributed by atoms with E-state index in [0.717, 1.165) is 11.1 Å². The highest BCUT2D eigenvalue weighted by Gasteiger charge is 2.09. The smallest absolute Gasteiger partial charge is 0.251 e. The molecule has 0 aliphatic heterocycles. The monoisotopic (exact) mass is 395 g/mol. The number of rotatable bonds is 6. The topological polar surface area (TPSA) is 64.1 Å². The number of hydrogen-bond donors (Lipinski definition) is 1. The van der Waals surface area contributed by atoms with Crippen LogP contribution >= 0.6 is 0 Å². The molecule has 1 aromatic heterocycles. The average molecular weight is 395 g/mol. The number of aromatic nitrogens is 2. The summed E-state index contributed by atoms with van der Waals surface area (Å²) in [6.07, 6.45) is 1.46. The Morgan fingerprint density at radius 2 is 1.70 bits per heavy atom. The molecule has 0 aliphatic rings. The number of ether oxygens (including phenoxy) is 1. The fourth-order valence-corrected chi connectivity index (χ4v) is 2.97. The summed E-state index contributed by atoms with van der Waals surface area (Å²) in [6, 6.07) is 26.7. The molecule has 5 nitrogen and oxygen atoms in total. The highest BCUT2D eigenvalue weighted by molar-refractivity contribution is 5.95. The van der Waals surface area contributed by atoms with Crippen LogP contribution in [0.1, 0.15) is 21.5 Å². The number of nitrogens with one attached hydrogen (secondary N) is 1. The SMILES string of the molecule is Cc1ccc(CNC(=O)c2cccc(-c3cc(Oc4ccccc4)ncn3)c2)cc1. The molecule has 0 unspecified atom stereocenters. The molecule has 4 rings (SSSR count). The predicted octanol–water partition coefficient (Wildman–Crippen LogP) is 5.17. The number of nitrogens with zero attached hydrogens (tertiary/aromatic N) is 2. The van der Waals surface area contributed by atoms with E-state index in [1.165, 1.54) is 11.9 Å². The van der Waals surface area contributed by atoms with E-state index in [4.69, 9.17) is 4.74 Å². The lowest BCUT2D eigenvalue weighted by atomic mass is 10.1. The van der Waals surface area contributed by atoms with Crippen LogP contribution in [0.4, 0.5) is 0 Å². The molecule has 0 atom stereocenters. The van der Waals surface area contributed by atoms with E-state index in [1.807, 2.05) is 79.7 Å². The van der Waals surface area contributed by atoms with Gasteiger partial charge in [-0.1, -0.05) is 60.2 Å². The van der Waals surface area contributed by atoms with Gasteiger partial charge >= 0.3 is 0 Å². The predicted molar refractivity (Wildman–Crippen MR) is 116 cm³/mol. The van der Waals surface area contributed by atoms with Crippen LogP contribution in [0.25, 0.3) is 11.3 Å².